The van der Waals surface area contributed by atoms with E-state index in [1.54, 1.807) is 41.2 Å². The monoisotopic (exact) mass is 401 g/mol. The number of benzene rings is 2. The number of anilines is 1. The molecule has 0 fully saturated rings. The predicted molar refractivity (Wildman–Crippen MR) is 99.2 cm³/mol. The molecule has 0 saturated heterocycles. The van der Waals surface area contributed by atoms with Gasteiger partial charge in [0, 0.05) is 17.3 Å². The van der Waals surface area contributed by atoms with Crippen molar-refractivity contribution in [2.75, 3.05) is 5.32 Å². The molecule has 1 aromatic heterocycles. The Balaban J connectivity index is 1.73. The zero-order valence-electron chi connectivity index (χ0n) is 13.7. The summed E-state index contributed by atoms with van der Waals surface area (Å²) in [6.45, 7) is 2.35. The summed E-state index contributed by atoms with van der Waals surface area (Å²) < 4.78 is 16.0. The van der Waals surface area contributed by atoms with Crippen molar-refractivity contribution in [3.05, 3.63) is 81.7 Å². The number of nitrogens with zero attached hydrogens (tertiary/aromatic N) is 2. The largest absolute Gasteiger partial charge is 0.304 e. The number of nitrogens with one attached hydrogen (secondary N) is 1. The zero-order chi connectivity index (χ0) is 17.8. The van der Waals surface area contributed by atoms with Gasteiger partial charge in [-0.05, 0) is 46.1 Å². The number of aryl methyl sites for hydroxylation is 1. The third kappa shape index (κ3) is 4.14. The van der Waals surface area contributed by atoms with Crippen molar-refractivity contribution < 1.29 is 9.18 Å². The van der Waals surface area contributed by atoms with Gasteiger partial charge in [0.15, 0.2) is 5.82 Å². The Morgan fingerprint density at radius 1 is 1.20 bits per heavy atom. The summed E-state index contributed by atoms with van der Waals surface area (Å²) in [5.41, 5.74) is 2.27. The van der Waals surface area contributed by atoms with Crippen LogP contribution >= 0.6 is 15.9 Å². The lowest BCUT2D eigenvalue weighted by atomic mass is 10.1. The number of halogens is 2. The number of rotatable bonds is 5. The van der Waals surface area contributed by atoms with Gasteiger partial charge >= 0.3 is 0 Å². The maximum Gasteiger partial charge on any atom is 0.256 e. The van der Waals surface area contributed by atoms with Crippen molar-refractivity contribution in [1.29, 1.82) is 0 Å². The molecule has 0 bridgehead atoms. The number of aromatic nitrogens is 2. The number of hydrogen-bond donors (Lipinski definition) is 1. The van der Waals surface area contributed by atoms with Crippen LogP contribution in [0.2, 0.25) is 0 Å². The fraction of sp³-hybridized carbons (Fsp3) is 0.158. The normalized spacial score (nSPS) is 10.7. The summed E-state index contributed by atoms with van der Waals surface area (Å²) in [5, 5.41) is 7.09. The van der Waals surface area contributed by atoms with Gasteiger partial charge in [0.25, 0.3) is 5.91 Å². The van der Waals surface area contributed by atoms with Gasteiger partial charge in [0.2, 0.25) is 0 Å². The Bertz CT molecular complexity index is 890. The molecule has 25 heavy (non-hydrogen) atoms. The molecule has 0 aliphatic heterocycles. The average Bonchev–Trinajstić information content (AvgIpc) is 2.96. The van der Waals surface area contributed by atoms with E-state index in [0.29, 0.717) is 21.4 Å². The number of hydrogen-bond acceptors (Lipinski definition) is 2. The molecule has 0 aliphatic rings. The highest BCUT2D eigenvalue weighted by molar-refractivity contribution is 9.10. The summed E-state index contributed by atoms with van der Waals surface area (Å²) in [6, 6.07) is 14.0. The summed E-state index contributed by atoms with van der Waals surface area (Å²) >= 11 is 3.38. The lowest BCUT2D eigenvalue weighted by molar-refractivity contribution is 0.102. The van der Waals surface area contributed by atoms with E-state index in [9.17, 15) is 9.18 Å². The Morgan fingerprint density at radius 3 is 2.60 bits per heavy atom. The van der Waals surface area contributed by atoms with Crippen molar-refractivity contribution in [2.24, 2.45) is 0 Å². The molecule has 1 amide bonds. The lowest BCUT2D eigenvalue weighted by Crippen LogP contribution is -2.13. The Kier molecular flexibility index (Phi) is 5.28. The smallest absolute Gasteiger partial charge is 0.256 e. The molecule has 0 atom stereocenters. The molecule has 4 nitrogen and oxygen atoms in total. The van der Waals surface area contributed by atoms with Gasteiger partial charge in [-0.25, -0.2) is 4.39 Å². The first-order valence-electron chi connectivity index (χ1n) is 7.93. The molecule has 0 radical (unpaired) electrons. The molecule has 1 N–H and O–H groups in total. The predicted octanol–water partition coefficient (Wildman–Crippen LogP) is 4.65. The number of amides is 1. The molecule has 0 aliphatic carbocycles. The van der Waals surface area contributed by atoms with Gasteiger partial charge in [-0.2, -0.15) is 5.10 Å². The van der Waals surface area contributed by atoms with Crippen molar-refractivity contribution in [3.63, 3.8) is 0 Å². The zero-order valence-corrected chi connectivity index (χ0v) is 15.3. The van der Waals surface area contributed by atoms with Gasteiger partial charge in [-0.15, -0.1) is 0 Å². The minimum atomic E-state index is -0.282. The van der Waals surface area contributed by atoms with E-state index in [1.165, 1.54) is 11.6 Å². The second-order valence-electron chi connectivity index (χ2n) is 5.62. The fourth-order valence-electron chi connectivity index (χ4n) is 2.44. The maximum absolute atomic E-state index is 13.8. The highest BCUT2D eigenvalue weighted by Gasteiger charge is 2.13. The van der Waals surface area contributed by atoms with Gasteiger partial charge in [-0.3, -0.25) is 9.48 Å². The van der Waals surface area contributed by atoms with E-state index in [0.717, 1.165) is 6.42 Å². The van der Waals surface area contributed by atoms with Crippen LogP contribution in [-0.4, -0.2) is 15.7 Å². The van der Waals surface area contributed by atoms with Crippen LogP contribution in [0.3, 0.4) is 0 Å². The van der Waals surface area contributed by atoms with E-state index in [2.05, 4.69) is 33.3 Å². The lowest BCUT2D eigenvalue weighted by Gasteiger charge is -2.05. The van der Waals surface area contributed by atoms with Crippen molar-refractivity contribution in [3.8, 4) is 0 Å². The van der Waals surface area contributed by atoms with E-state index in [-0.39, 0.29) is 18.3 Å². The minimum absolute atomic E-state index is 0.237. The Hall–Kier alpha value is -2.47. The van der Waals surface area contributed by atoms with Crippen LogP contribution in [0.15, 0.2) is 59.2 Å². The van der Waals surface area contributed by atoms with Crippen LogP contribution in [0, 0.1) is 5.82 Å². The minimum Gasteiger partial charge on any atom is -0.304 e. The molecule has 128 valence electrons. The molecule has 2 aromatic carbocycles. The maximum atomic E-state index is 13.8. The Morgan fingerprint density at radius 2 is 1.92 bits per heavy atom. The molecule has 1 heterocycles. The molecule has 0 unspecified atom stereocenters. The van der Waals surface area contributed by atoms with Crippen LogP contribution in [0.1, 0.15) is 28.4 Å². The highest BCUT2D eigenvalue weighted by Crippen LogP contribution is 2.22. The van der Waals surface area contributed by atoms with Crippen LogP contribution < -0.4 is 5.32 Å². The van der Waals surface area contributed by atoms with E-state index in [1.807, 2.05) is 12.1 Å². The van der Waals surface area contributed by atoms with Gasteiger partial charge in [-0.1, -0.05) is 37.3 Å². The van der Waals surface area contributed by atoms with E-state index >= 15 is 0 Å². The quantitative estimate of drug-likeness (QED) is 0.676. The first-order valence-corrected chi connectivity index (χ1v) is 8.72. The Labute approximate surface area is 153 Å². The topological polar surface area (TPSA) is 46.9 Å². The summed E-state index contributed by atoms with van der Waals surface area (Å²) in [7, 11) is 0. The average molecular weight is 402 g/mol. The van der Waals surface area contributed by atoms with Crippen LogP contribution in [0.25, 0.3) is 0 Å². The van der Waals surface area contributed by atoms with Crippen LogP contribution in [0.5, 0.6) is 0 Å². The molecular formula is C19H17BrFN3O. The van der Waals surface area contributed by atoms with Crippen molar-refractivity contribution in [2.45, 2.75) is 19.9 Å². The van der Waals surface area contributed by atoms with Gasteiger partial charge < -0.3 is 5.32 Å². The van der Waals surface area contributed by atoms with Gasteiger partial charge in [0.1, 0.15) is 5.82 Å². The summed E-state index contributed by atoms with van der Waals surface area (Å²) in [4.78, 5) is 12.3. The molecular weight excluding hydrogens is 385 g/mol. The third-order valence-electron chi connectivity index (χ3n) is 3.86. The van der Waals surface area contributed by atoms with Gasteiger partial charge in [0.05, 0.1) is 11.0 Å². The standard InChI is InChI=1S/C19H17BrFN3O/c1-2-13-7-9-14(10-8-13)19(25)22-18-16(20)12-24(23-18)11-15-5-3-4-6-17(15)21/h3-10,12H,2,11H2,1H3,(H,22,23,25). The van der Waals surface area contributed by atoms with E-state index < -0.39 is 0 Å². The van der Waals surface area contributed by atoms with Crippen LogP contribution in [0.4, 0.5) is 10.2 Å². The molecule has 3 rings (SSSR count). The number of carbonyl (C=O) groups excluding carboxylic acids is 1. The molecule has 3 aromatic rings. The van der Waals surface area contributed by atoms with Crippen molar-refractivity contribution >= 4 is 27.7 Å². The van der Waals surface area contributed by atoms with Crippen LogP contribution in [-0.2, 0) is 13.0 Å². The molecule has 6 heteroatoms. The fourth-order valence-corrected chi connectivity index (χ4v) is 2.85. The number of carbonyl (C=O) groups is 1. The SMILES string of the molecule is CCc1ccc(C(=O)Nc2nn(Cc3ccccc3F)cc2Br)cc1. The first kappa shape index (κ1) is 17.4. The van der Waals surface area contributed by atoms with Crippen molar-refractivity contribution in [1.82, 2.24) is 9.78 Å². The molecule has 0 spiro atoms. The molecule has 0 saturated carbocycles. The summed E-state index contributed by atoms with van der Waals surface area (Å²) in [5.74, 6) is -0.115. The first-order chi connectivity index (χ1) is 12.1. The third-order valence-corrected chi connectivity index (χ3v) is 4.44. The highest BCUT2D eigenvalue weighted by atomic mass is 79.9. The summed E-state index contributed by atoms with van der Waals surface area (Å²) in [6.07, 6.45) is 2.64. The van der Waals surface area contributed by atoms with E-state index in [4.69, 9.17) is 0 Å². The second-order valence-corrected chi connectivity index (χ2v) is 6.47. The second kappa shape index (κ2) is 7.61.